The van der Waals surface area contributed by atoms with Crippen LogP contribution in [0.5, 0.6) is 0 Å². The molecule has 2 heterocycles. The second-order valence-corrected chi connectivity index (χ2v) is 12.1. The average molecular weight is 505 g/mol. The van der Waals surface area contributed by atoms with E-state index in [4.69, 9.17) is 4.98 Å². The van der Waals surface area contributed by atoms with Gasteiger partial charge in [0, 0.05) is 28.9 Å². The van der Waals surface area contributed by atoms with Gasteiger partial charge in [0.15, 0.2) is 0 Å². The molecule has 1 aromatic carbocycles. The lowest BCUT2D eigenvalue weighted by Crippen LogP contribution is -2.43. The highest BCUT2D eigenvalue weighted by molar-refractivity contribution is 7.89. The summed E-state index contributed by atoms with van der Waals surface area (Å²) in [7, 11) is -2.06. The van der Waals surface area contributed by atoms with Gasteiger partial charge < -0.3 is 9.88 Å². The summed E-state index contributed by atoms with van der Waals surface area (Å²) in [5.74, 6) is 0.817. The predicted octanol–water partition coefficient (Wildman–Crippen LogP) is 4.74. The number of imidazole rings is 1. The summed E-state index contributed by atoms with van der Waals surface area (Å²) in [6.45, 7) is 8.39. The molecule has 2 aromatic heterocycles. The van der Waals surface area contributed by atoms with Crippen molar-refractivity contribution < 1.29 is 13.2 Å². The first-order valence-corrected chi connectivity index (χ1v) is 14.5. The van der Waals surface area contributed by atoms with Crippen LogP contribution in [0.4, 0.5) is 0 Å². The number of hydrogen-bond donors (Lipinski definition) is 2. The van der Waals surface area contributed by atoms with E-state index >= 15 is 0 Å². The van der Waals surface area contributed by atoms with Gasteiger partial charge >= 0.3 is 0 Å². The molecule has 7 nitrogen and oxygen atoms in total. The second kappa shape index (κ2) is 11.5. The zero-order chi connectivity index (χ0) is 24.9. The maximum atomic E-state index is 13.1. The van der Waals surface area contributed by atoms with E-state index in [2.05, 4.69) is 39.9 Å². The molecule has 0 aliphatic carbocycles. The first-order chi connectivity index (χ1) is 16.2. The first kappa shape index (κ1) is 26.4. The number of fused-ring (bicyclic) bond motifs is 1. The van der Waals surface area contributed by atoms with E-state index in [1.165, 1.54) is 11.9 Å². The van der Waals surface area contributed by atoms with E-state index in [1.807, 2.05) is 38.1 Å². The Hall–Kier alpha value is -2.23. The molecule has 1 unspecified atom stereocenters. The van der Waals surface area contributed by atoms with Gasteiger partial charge in [-0.3, -0.25) is 4.79 Å². The van der Waals surface area contributed by atoms with Crippen molar-refractivity contribution in [2.24, 2.45) is 5.92 Å². The molecule has 0 aliphatic rings. The lowest BCUT2D eigenvalue weighted by molar-refractivity contribution is 0.0937. The number of amides is 1. The van der Waals surface area contributed by atoms with Crippen molar-refractivity contribution >= 4 is 38.3 Å². The van der Waals surface area contributed by atoms with Crippen LogP contribution in [-0.2, 0) is 16.4 Å². The molecule has 186 valence electrons. The molecule has 34 heavy (non-hydrogen) atoms. The number of hydrogen-bond acceptors (Lipinski definition) is 5. The first-order valence-electron chi connectivity index (χ1n) is 11.9. The number of carbonyl (C=O) groups excluding carboxylic acids is 1. The van der Waals surface area contributed by atoms with Gasteiger partial charge in [-0.15, -0.1) is 11.3 Å². The quantitative estimate of drug-likeness (QED) is 0.372. The van der Waals surface area contributed by atoms with Gasteiger partial charge in [0.25, 0.3) is 5.91 Å². The normalized spacial score (nSPS) is 13.1. The maximum absolute atomic E-state index is 13.1. The summed E-state index contributed by atoms with van der Waals surface area (Å²) in [4.78, 5) is 19.3. The Labute approximate surface area is 207 Å². The number of rotatable bonds is 12. The Bertz CT molecular complexity index is 1200. The van der Waals surface area contributed by atoms with Gasteiger partial charge in [-0.2, -0.15) is 0 Å². The average Bonchev–Trinajstić information content (AvgIpc) is 3.41. The van der Waals surface area contributed by atoms with Crippen molar-refractivity contribution in [2.75, 3.05) is 12.8 Å². The van der Waals surface area contributed by atoms with Crippen molar-refractivity contribution in [3.8, 4) is 0 Å². The maximum Gasteiger partial charge on any atom is 0.251 e. The number of nitrogens with one attached hydrogen (secondary N) is 2. The molecule has 0 aliphatic heterocycles. The van der Waals surface area contributed by atoms with Gasteiger partial charge in [0.1, 0.15) is 5.82 Å². The molecule has 0 saturated heterocycles. The molecule has 0 spiro atoms. The lowest BCUT2D eigenvalue weighted by Gasteiger charge is -2.21. The fourth-order valence-electron chi connectivity index (χ4n) is 4.40. The zero-order valence-electron chi connectivity index (χ0n) is 20.7. The van der Waals surface area contributed by atoms with Crippen molar-refractivity contribution in [1.29, 1.82) is 0 Å². The minimum Gasteiger partial charge on any atom is -0.348 e. The monoisotopic (exact) mass is 504 g/mol. The highest BCUT2D eigenvalue weighted by Gasteiger charge is 2.23. The third-order valence-electron chi connectivity index (χ3n) is 6.07. The summed E-state index contributed by atoms with van der Waals surface area (Å²) >= 11 is 1.72. The van der Waals surface area contributed by atoms with Crippen molar-refractivity contribution in [3.63, 3.8) is 0 Å². The molecule has 9 heteroatoms. The Balaban J connectivity index is 1.93. The number of nitrogens with zero attached hydrogens (tertiary/aromatic N) is 2. The molecule has 3 rings (SSSR count). The lowest BCUT2D eigenvalue weighted by atomic mass is 10.0. The smallest absolute Gasteiger partial charge is 0.251 e. The SMILES string of the molecule is CCC(CC)n1c(Cc2cccs2)nc2cc(C(=O)NC(CC(C)C)CS(=O)(=O)NC)ccc21. The van der Waals surface area contributed by atoms with E-state index in [-0.39, 0.29) is 17.6 Å². The summed E-state index contributed by atoms with van der Waals surface area (Å²) in [6, 6.07) is 9.63. The van der Waals surface area contributed by atoms with Crippen LogP contribution >= 0.6 is 11.3 Å². The summed E-state index contributed by atoms with van der Waals surface area (Å²) in [5.41, 5.74) is 2.29. The van der Waals surface area contributed by atoms with Crippen LogP contribution in [0.1, 0.15) is 74.1 Å². The molecule has 1 amide bonds. The van der Waals surface area contributed by atoms with Crippen LogP contribution < -0.4 is 10.0 Å². The minimum absolute atomic E-state index is 0.149. The van der Waals surface area contributed by atoms with Crippen molar-refractivity contribution in [3.05, 3.63) is 52.0 Å². The van der Waals surface area contributed by atoms with Gasteiger partial charge in [-0.1, -0.05) is 33.8 Å². The van der Waals surface area contributed by atoms with Crippen LogP contribution in [-0.4, -0.2) is 42.7 Å². The van der Waals surface area contributed by atoms with Gasteiger partial charge in [0.2, 0.25) is 10.0 Å². The van der Waals surface area contributed by atoms with Crippen LogP contribution in [0.25, 0.3) is 11.0 Å². The molecular formula is C25H36N4O3S2. The second-order valence-electron chi connectivity index (χ2n) is 9.11. The Morgan fingerprint density at radius 1 is 1.18 bits per heavy atom. The van der Waals surface area contributed by atoms with E-state index in [0.29, 0.717) is 18.0 Å². The largest absolute Gasteiger partial charge is 0.348 e. The molecule has 0 fully saturated rings. The fraction of sp³-hybridized carbons (Fsp3) is 0.520. The Kier molecular flexibility index (Phi) is 8.89. The van der Waals surface area contributed by atoms with E-state index < -0.39 is 16.1 Å². The summed E-state index contributed by atoms with van der Waals surface area (Å²) in [5, 5.41) is 5.00. The van der Waals surface area contributed by atoms with Crippen LogP contribution in [0, 0.1) is 5.92 Å². The van der Waals surface area contributed by atoms with Gasteiger partial charge in [0.05, 0.1) is 16.8 Å². The standard InChI is InChI=1S/C25H36N4O3S2/c1-6-20(7-2)29-23-11-10-18(14-22(23)28-24(29)15-21-9-8-12-33-21)25(30)27-19(13-17(3)4)16-34(31,32)26-5/h8-12,14,17,19-20,26H,6-7,13,15-16H2,1-5H3,(H,27,30). The number of thiophene rings is 1. The molecule has 2 N–H and O–H groups in total. The third kappa shape index (κ3) is 6.46. The van der Waals surface area contributed by atoms with Crippen LogP contribution in [0.15, 0.2) is 35.7 Å². The highest BCUT2D eigenvalue weighted by atomic mass is 32.2. The topological polar surface area (TPSA) is 93.1 Å². The van der Waals surface area contributed by atoms with E-state index in [0.717, 1.165) is 36.1 Å². The highest BCUT2D eigenvalue weighted by Crippen LogP contribution is 2.28. The fourth-order valence-corrected chi connectivity index (χ4v) is 6.02. The summed E-state index contributed by atoms with van der Waals surface area (Å²) in [6.07, 6.45) is 3.32. The Morgan fingerprint density at radius 2 is 1.91 bits per heavy atom. The van der Waals surface area contributed by atoms with E-state index in [9.17, 15) is 13.2 Å². The third-order valence-corrected chi connectivity index (χ3v) is 8.41. The Morgan fingerprint density at radius 3 is 2.50 bits per heavy atom. The number of benzene rings is 1. The molecular weight excluding hydrogens is 468 g/mol. The summed E-state index contributed by atoms with van der Waals surface area (Å²) < 4.78 is 28.9. The molecule has 0 bridgehead atoms. The zero-order valence-corrected chi connectivity index (χ0v) is 22.3. The van der Waals surface area contributed by atoms with Crippen LogP contribution in [0.3, 0.4) is 0 Å². The molecule has 3 aromatic rings. The van der Waals surface area contributed by atoms with Crippen molar-refractivity contribution in [2.45, 2.75) is 65.5 Å². The number of carbonyl (C=O) groups is 1. The predicted molar refractivity (Wildman–Crippen MR) is 140 cm³/mol. The van der Waals surface area contributed by atoms with Gasteiger partial charge in [-0.05, 0) is 61.9 Å². The molecule has 0 saturated carbocycles. The molecule has 1 atom stereocenters. The van der Waals surface area contributed by atoms with Gasteiger partial charge in [-0.25, -0.2) is 18.1 Å². The number of sulfonamides is 1. The van der Waals surface area contributed by atoms with Crippen molar-refractivity contribution in [1.82, 2.24) is 19.6 Å². The molecule has 0 radical (unpaired) electrons. The van der Waals surface area contributed by atoms with Crippen LogP contribution in [0.2, 0.25) is 0 Å². The number of aromatic nitrogens is 2. The van der Waals surface area contributed by atoms with E-state index in [1.54, 1.807) is 11.3 Å². The minimum atomic E-state index is -3.45.